The number of carbonyl (C=O) groups excluding carboxylic acids is 1. The number of hydrogen-bond donors (Lipinski definition) is 1. The second-order valence-electron chi connectivity index (χ2n) is 5.52. The average molecular weight is 283 g/mol. The molecule has 1 aliphatic carbocycles. The smallest absolute Gasteiger partial charge is 0.255 e. The highest BCUT2D eigenvalue weighted by atomic mass is 19.1. The Morgan fingerprint density at radius 1 is 1.10 bits per heavy atom. The lowest BCUT2D eigenvalue weighted by molar-refractivity contribution is 0.102. The van der Waals surface area contributed by atoms with Crippen LogP contribution >= 0.6 is 0 Å². The van der Waals surface area contributed by atoms with Crippen LogP contribution in [0.25, 0.3) is 0 Å². The van der Waals surface area contributed by atoms with Gasteiger partial charge in [0, 0.05) is 16.8 Å². The molecule has 0 saturated heterocycles. The van der Waals surface area contributed by atoms with E-state index in [2.05, 4.69) is 11.4 Å². The van der Waals surface area contributed by atoms with Gasteiger partial charge in [-0.1, -0.05) is 18.2 Å². The molecule has 0 spiro atoms. The standard InChI is InChI=1S/C18H18FNO/c1-12-16(19)10-5-11-17(12)20-18(21)15-9-4-7-13-6-2-3-8-14(13)15/h4-5,7,9-11H,2-3,6,8H2,1H3,(H,20,21). The SMILES string of the molecule is Cc1c(F)cccc1NC(=O)c1cccc2c1CCCC2. The normalized spacial score (nSPS) is 13.6. The summed E-state index contributed by atoms with van der Waals surface area (Å²) < 4.78 is 13.6. The summed E-state index contributed by atoms with van der Waals surface area (Å²) in [5.74, 6) is -0.453. The highest BCUT2D eigenvalue weighted by Gasteiger charge is 2.18. The molecule has 0 unspecified atom stereocenters. The zero-order valence-corrected chi connectivity index (χ0v) is 12.1. The zero-order valence-electron chi connectivity index (χ0n) is 12.1. The predicted octanol–water partition coefficient (Wildman–Crippen LogP) is 4.27. The topological polar surface area (TPSA) is 29.1 Å². The maximum atomic E-state index is 13.6. The van der Waals surface area contributed by atoms with Gasteiger partial charge in [0.1, 0.15) is 5.82 Å². The van der Waals surface area contributed by atoms with Crippen LogP contribution in [0, 0.1) is 12.7 Å². The van der Waals surface area contributed by atoms with E-state index < -0.39 is 0 Å². The fraction of sp³-hybridized carbons (Fsp3) is 0.278. The third-order valence-corrected chi connectivity index (χ3v) is 4.16. The van der Waals surface area contributed by atoms with E-state index in [4.69, 9.17) is 0 Å². The van der Waals surface area contributed by atoms with Crippen molar-refractivity contribution >= 4 is 11.6 Å². The molecule has 0 aromatic heterocycles. The molecule has 108 valence electrons. The number of benzene rings is 2. The number of aryl methyl sites for hydroxylation is 1. The van der Waals surface area contributed by atoms with Gasteiger partial charge in [0.25, 0.3) is 5.91 Å². The first-order valence-corrected chi connectivity index (χ1v) is 7.34. The highest BCUT2D eigenvalue weighted by molar-refractivity contribution is 6.05. The molecule has 0 bridgehead atoms. The fourth-order valence-corrected chi connectivity index (χ4v) is 2.93. The van der Waals surface area contributed by atoms with Crippen LogP contribution in [-0.4, -0.2) is 5.91 Å². The van der Waals surface area contributed by atoms with Gasteiger partial charge in [-0.3, -0.25) is 4.79 Å². The molecule has 0 atom stereocenters. The molecule has 0 radical (unpaired) electrons. The van der Waals surface area contributed by atoms with Crippen molar-refractivity contribution in [1.82, 2.24) is 0 Å². The van der Waals surface area contributed by atoms with Gasteiger partial charge >= 0.3 is 0 Å². The zero-order chi connectivity index (χ0) is 14.8. The molecule has 2 nitrogen and oxygen atoms in total. The summed E-state index contributed by atoms with van der Waals surface area (Å²) in [6.07, 6.45) is 4.29. The van der Waals surface area contributed by atoms with Crippen molar-refractivity contribution in [1.29, 1.82) is 0 Å². The van der Waals surface area contributed by atoms with E-state index >= 15 is 0 Å². The lowest BCUT2D eigenvalue weighted by Crippen LogP contribution is -2.17. The Labute approximate surface area is 124 Å². The Morgan fingerprint density at radius 2 is 1.86 bits per heavy atom. The summed E-state index contributed by atoms with van der Waals surface area (Å²) in [4.78, 5) is 12.5. The molecule has 1 aliphatic rings. The third-order valence-electron chi connectivity index (χ3n) is 4.16. The van der Waals surface area contributed by atoms with Gasteiger partial charge in [-0.15, -0.1) is 0 Å². The van der Waals surface area contributed by atoms with Gasteiger partial charge in [0.05, 0.1) is 0 Å². The van der Waals surface area contributed by atoms with Crippen molar-refractivity contribution in [2.75, 3.05) is 5.32 Å². The van der Waals surface area contributed by atoms with Crippen molar-refractivity contribution in [3.63, 3.8) is 0 Å². The van der Waals surface area contributed by atoms with Crippen molar-refractivity contribution in [3.8, 4) is 0 Å². The van der Waals surface area contributed by atoms with Crippen LogP contribution in [0.5, 0.6) is 0 Å². The van der Waals surface area contributed by atoms with Crippen LogP contribution in [0.15, 0.2) is 36.4 Å². The largest absolute Gasteiger partial charge is 0.322 e. The van der Waals surface area contributed by atoms with Crippen LogP contribution in [0.3, 0.4) is 0 Å². The van der Waals surface area contributed by atoms with Crippen LogP contribution in [0.4, 0.5) is 10.1 Å². The molecule has 1 amide bonds. The van der Waals surface area contributed by atoms with Crippen molar-refractivity contribution in [2.45, 2.75) is 32.6 Å². The van der Waals surface area contributed by atoms with E-state index in [1.165, 1.54) is 18.1 Å². The number of amides is 1. The average Bonchev–Trinajstić information content (AvgIpc) is 2.51. The summed E-state index contributed by atoms with van der Waals surface area (Å²) in [5, 5.41) is 2.84. The van der Waals surface area contributed by atoms with E-state index in [0.717, 1.165) is 30.4 Å². The van der Waals surface area contributed by atoms with Crippen LogP contribution in [0.1, 0.15) is 39.9 Å². The van der Waals surface area contributed by atoms with Crippen LogP contribution < -0.4 is 5.32 Å². The van der Waals surface area contributed by atoms with E-state index in [9.17, 15) is 9.18 Å². The van der Waals surface area contributed by atoms with Gasteiger partial charge in [0.2, 0.25) is 0 Å². The molecule has 0 saturated carbocycles. The Hall–Kier alpha value is -2.16. The Bertz CT molecular complexity index is 694. The number of hydrogen-bond acceptors (Lipinski definition) is 1. The summed E-state index contributed by atoms with van der Waals surface area (Å²) >= 11 is 0. The summed E-state index contributed by atoms with van der Waals surface area (Å²) in [6, 6.07) is 10.6. The summed E-state index contributed by atoms with van der Waals surface area (Å²) in [5.41, 5.74) is 4.14. The molecule has 3 rings (SSSR count). The number of nitrogens with one attached hydrogen (secondary N) is 1. The van der Waals surface area contributed by atoms with Crippen LogP contribution in [0.2, 0.25) is 0 Å². The van der Waals surface area contributed by atoms with E-state index in [-0.39, 0.29) is 11.7 Å². The summed E-state index contributed by atoms with van der Waals surface area (Å²) in [7, 11) is 0. The number of halogens is 1. The Kier molecular flexibility index (Phi) is 3.74. The number of carbonyl (C=O) groups is 1. The molecular weight excluding hydrogens is 265 g/mol. The van der Waals surface area contributed by atoms with E-state index in [1.54, 1.807) is 19.1 Å². The van der Waals surface area contributed by atoms with Gasteiger partial charge < -0.3 is 5.32 Å². The first kappa shape index (κ1) is 13.8. The molecule has 0 aliphatic heterocycles. The second kappa shape index (κ2) is 5.68. The molecule has 21 heavy (non-hydrogen) atoms. The summed E-state index contributed by atoms with van der Waals surface area (Å²) in [6.45, 7) is 1.67. The van der Waals surface area contributed by atoms with E-state index in [0.29, 0.717) is 11.3 Å². The molecule has 1 N–H and O–H groups in total. The van der Waals surface area contributed by atoms with Crippen LogP contribution in [-0.2, 0) is 12.8 Å². The van der Waals surface area contributed by atoms with Crippen molar-refractivity contribution < 1.29 is 9.18 Å². The number of anilines is 1. The monoisotopic (exact) mass is 283 g/mol. The minimum Gasteiger partial charge on any atom is -0.322 e. The quantitative estimate of drug-likeness (QED) is 0.876. The molecule has 0 heterocycles. The molecular formula is C18H18FNO. The minimum absolute atomic E-state index is 0.151. The van der Waals surface area contributed by atoms with E-state index in [1.807, 2.05) is 12.1 Å². The Balaban J connectivity index is 1.91. The fourth-order valence-electron chi connectivity index (χ4n) is 2.93. The molecule has 0 fully saturated rings. The first-order chi connectivity index (χ1) is 10.2. The number of rotatable bonds is 2. The third kappa shape index (κ3) is 2.68. The van der Waals surface area contributed by atoms with Crippen molar-refractivity contribution in [3.05, 3.63) is 64.5 Å². The lowest BCUT2D eigenvalue weighted by atomic mass is 9.88. The van der Waals surface area contributed by atoms with Gasteiger partial charge in [-0.25, -0.2) is 4.39 Å². The first-order valence-electron chi connectivity index (χ1n) is 7.34. The second-order valence-corrected chi connectivity index (χ2v) is 5.52. The van der Waals surface area contributed by atoms with Gasteiger partial charge in [-0.05, 0) is 61.9 Å². The molecule has 2 aromatic carbocycles. The predicted molar refractivity (Wildman–Crippen MR) is 82.2 cm³/mol. The maximum absolute atomic E-state index is 13.6. The van der Waals surface area contributed by atoms with Gasteiger partial charge in [0.15, 0.2) is 0 Å². The van der Waals surface area contributed by atoms with Gasteiger partial charge in [-0.2, -0.15) is 0 Å². The maximum Gasteiger partial charge on any atom is 0.255 e. The Morgan fingerprint density at radius 3 is 2.71 bits per heavy atom. The lowest BCUT2D eigenvalue weighted by Gasteiger charge is -2.19. The number of fused-ring (bicyclic) bond motifs is 1. The highest BCUT2D eigenvalue weighted by Crippen LogP contribution is 2.26. The minimum atomic E-state index is -0.303. The molecule has 2 aromatic rings. The molecule has 3 heteroatoms. The van der Waals surface area contributed by atoms with Crippen molar-refractivity contribution in [2.24, 2.45) is 0 Å².